The number of rotatable bonds is 6. The lowest BCUT2D eigenvalue weighted by Gasteiger charge is -2.16. The van der Waals surface area contributed by atoms with Crippen molar-refractivity contribution in [1.29, 1.82) is 0 Å². The third kappa shape index (κ3) is 4.11. The molecular weight excluding hydrogens is 380 g/mol. The first-order chi connectivity index (χ1) is 14.0. The van der Waals surface area contributed by atoms with Crippen molar-refractivity contribution in [2.45, 2.75) is 25.8 Å². The van der Waals surface area contributed by atoms with Crippen LogP contribution in [0.15, 0.2) is 47.0 Å². The SMILES string of the molecule is CCOc1ccccc1-c1nc(C2CC(=O)N(Cc3cc(F)cc(F)c3)C2)no1. The summed E-state index contributed by atoms with van der Waals surface area (Å²) in [4.78, 5) is 18.4. The standard InChI is InChI=1S/C21H19F2N3O3/c1-2-28-18-6-4-3-5-17(18)21-24-20(25-29-21)14-9-19(27)26(12-14)11-13-7-15(22)10-16(23)8-13/h3-8,10,14H,2,9,11-12H2,1H3. The number of hydrogen-bond donors (Lipinski definition) is 0. The molecule has 0 radical (unpaired) electrons. The number of benzene rings is 2. The molecule has 4 rings (SSSR count). The van der Waals surface area contributed by atoms with Gasteiger partial charge in [0.15, 0.2) is 5.82 Å². The first-order valence-corrected chi connectivity index (χ1v) is 9.32. The van der Waals surface area contributed by atoms with Crippen LogP contribution in [0.25, 0.3) is 11.5 Å². The fraction of sp³-hybridized carbons (Fsp3) is 0.286. The second kappa shape index (κ2) is 7.98. The number of nitrogens with zero attached hydrogens (tertiary/aromatic N) is 3. The normalized spacial score (nSPS) is 16.4. The van der Waals surface area contributed by atoms with Crippen molar-refractivity contribution in [3.8, 4) is 17.2 Å². The fourth-order valence-electron chi connectivity index (χ4n) is 3.46. The molecule has 3 aromatic rings. The highest BCUT2D eigenvalue weighted by Gasteiger charge is 2.34. The topological polar surface area (TPSA) is 68.5 Å². The Morgan fingerprint density at radius 2 is 1.97 bits per heavy atom. The second-order valence-electron chi connectivity index (χ2n) is 6.84. The molecule has 0 N–H and O–H groups in total. The van der Waals surface area contributed by atoms with Gasteiger partial charge in [-0.2, -0.15) is 4.98 Å². The molecule has 6 nitrogen and oxygen atoms in total. The summed E-state index contributed by atoms with van der Waals surface area (Å²) in [5.74, 6) is -0.325. The predicted octanol–water partition coefficient (Wildman–Crippen LogP) is 3.93. The highest BCUT2D eigenvalue weighted by atomic mass is 19.1. The van der Waals surface area contributed by atoms with E-state index in [9.17, 15) is 13.6 Å². The summed E-state index contributed by atoms with van der Waals surface area (Å²) >= 11 is 0. The Morgan fingerprint density at radius 1 is 1.21 bits per heavy atom. The molecule has 1 aliphatic heterocycles. The molecule has 150 valence electrons. The number of aromatic nitrogens is 2. The van der Waals surface area contributed by atoms with E-state index in [1.54, 1.807) is 4.90 Å². The molecule has 0 bridgehead atoms. The van der Waals surface area contributed by atoms with Crippen LogP contribution in [0.3, 0.4) is 0 Å². The van der Waals surface area contributed by atoms with Crippen molar-refractivity contribution < 1.29 is 22.8 Å². The van der Waals surface area contributed by atoms with Crippen molar-refractivity contribution in [2.75, 3.05) is 13.2 Å². The Hall–Kier alpha value is -3.29. The maximum absolute atomic E-state index is 13.4. The van der Waals surface area contributed by atoms with Gasteiger partial charge in [-0.1, -0.05) is 17.3 Å². The van der Waals surface area contributed by atoms with Gasteiger partial charge in [0.25, 0.3) is 5.89 Å². The predicted molar refractivity (Wildman–Crippen MR) is 100 cm³/mol. The molecule has 29 heavy (non-hydrogen) atoms. The summed E-state index contributed by atoms with van der Waals surface area (Å²) < 4.78 is 37.8. The molecule has 2 aromatic carbocycles. The molecule has 1 aliphatic rings. The number of hydrogen-bond acceptors (Lipinski definition) is 5. The zero-order chi connectivity index (χ0) is 20.4. The van der Waals surface area contributed by atoms with Gasteiger partial charge < -0.3 is 14.2 Å². The molecule has 1 saturated heterocycles. The van der Waals surface area contributed by atoms with Crippen molar-refractivity contribution in [3.05, 3.63) is 65.5 Å². The first-order valence-electron chi connectivity index (χ1n) is 9.32. The number of likely N-dealkylation sites (tertiary alicyclic amines) is 1. The lowest BCUT2D eigenvalue weighted by atomic mass is 10.1. The third-order valence-electron chi connectivity index (χ3n) is 4.73. The lowest BCUT2D eigenvalue weighted by Crippen LogP contribution is -2.24. The molecule has 1 atom stereocenters. The van der Waals surface area contributed by atoms with E-state index in [2.05, 4.69) is 10.1 Å². The number of ether oxygens (including phenoxy) is 1. The van der Waals surface area contributed by atoms with Gasteiger partial charge in [0.1, 0.15) is 17.4 Å². The minimum absolute atomic E-state index is 0.124. The molecule has 8 heteroatoms. The van der Waals surface area contributed by atoms with E-state index in [1.807, 2.05) is 31.2 Å². The lowest BCUT2D eigenvalue weighted by molar-refractivity contribution is -0.128. The largest absolute Gasteiger partial charge is 0.493 e. The quantitative estimate of drug-likeness (QED) is 0.628. The first kappa shape index (κ1) is 19.0. The van der Waals surface area contributed by atoms with Crippen LogP contribution in [0.2, 0.25) is 0 Å². The number of halogens is 2. The molecule has 2 heterocycles. The van der Waals surface area contributed by atoms with Gasteiger partial charge in [-0.05, 0) is 36.8 Å². The van der Waals surface area contributed by atoms with Crippen LogP contribution < -0.4 is 4.74 Å². The van der Waals surface area contributed by atoms with Crippen molar-refractivity contribution in [1.82, 2.24) is 15.0 Å². The van der Waals surface area contributed by atoms with Crippen molar-refractivity contribution >= 4 is 5.91 Å². The van der Waals surface area contributed by atoms with Crippen LogP contribution in [-0.4, -0.2) is 34.1 Å². The Morgan fingerprint density at radius 3 is 2.72 bits per heavy atom. The summed E-state index contributed by atoms with van der Waals surface area (Å²) in [6.45, 7) is 2.87. The zero-order valence-corrected chi connectivity index (χ0v) is 15.8. The molecule has 0 saturated carbocycles. The maximum atomic E-state index is 13.4. The maximum Gasteiger partial charge on any atom is 0.261 e. The van der Waals surface area contributed by atoms with Gasteiger partial charge in [0.2, 0.25) is 5.91 Å². The van der Waals surface area contributed by atoms with Crippen LogP contribution >= 0.6 is 0 Å². The molecular formula is C21H19F2N3O3. The van der Waals surface area contributed by atoms with Gasteiger partial charge >= 0.3 is 0 Å². The van der Waals surface area contributed by atoms with E-state index < -0.39 is 11.6 Å². The van der Waals surface area contributed by atoms with Crippen molar-refractivity contribution in [2.24, 2.45) is 0 Å². The number of para-hydroxylation sites is 1. The third-order valence-corrected chi connectivity index (χ3v) is 4.73. The van der Waals surface area contributed by atoms with E-state index >= 15 is 0 Å². The van der Waals surface area contributed by atoms with Crippen LogP contribution in [0.5, 0.6) is 5.75 Å². The number of carbonyl (C=O) groups excluding carboxylic acids is 1. The average molecular weight is 399 g/mol. The Labute approximate surface area is 166 Å². The summed E-state index contributed by atoms with van der Waals surface area (Å²) in [6, 6.07) is 10.6. The summed E-state index contributed by atoms with van der Waals surface area (Å²) in [7, 11) is 0. The minimum atomic E-state index is -0.668. The average Bonchev–Trinajstić information content (AvgIpc) is 3.29. The highest BCUT2D eigenvalue weighted by molar-refractivity contribution is 5.79. The minimum Gasteiger partial charge on any atom is -0.493 e. The fourth-order valence-corrected chi connectivity index (χ4v) is 3.46. The van der Waals surface area contributed by atoms with E-state index in [0.717, 1.165) is 6.07 Å². The Balaban J connectivity index is 1.50. The number of carbonyl (C=O) groups is 1. The van der Waals surface area contributed by atoms with Gasteiger partial charge in [0.05, 0.1) is 12.2 Å². The monoisotopic (exact) mass is 399 g/mol. The van der Waals surface area contributed by atoms with E-state index in [-0.39, 0.29) is 24.8 Å². The summed E-state index contributed by atoms with van der Waals surface area (Å²) in [5.41, 5.74) is 1.08. The van der Waals surface area contributed by atoms with Crippen LogP contribution in [0.4, 0.5) is 8.78 Å². The molecule has 0 aliphatic carbocycles. The summed E-state index contributed by atoms with van der Waals surface area (Å²) in [6.07, 6.45) is 0.212. The van der Waals surface area contributed by atoms with E-state index in [4.69, 9.17) is 9.26 Å². The van der Waals surface area contributed by atoms with Crippen LogP contribution in [0, 0.1) is 11.6 Å². The molecule has 0 spiro atoms. The summed E-state index contributed by atoms with van der Waals surface area (Å²) in [5, 5.41) is 4.04. The smallest absolute Gasteiger partial charge is 0.261 e. The molecule has 1 unspecified atom stereocenters. The number of amides is 1. The van der Waals surface area contributed by atoms with Gasteiger partial charge in [-0.25, -0.2) is 8.78 Å². The van der Waals surface area contributed by atoms with E-state index in [0.29, 0.717) is 41.7 Å². The van der Waals surface area contributed by atoms with Gasteiger partial charge in [-0.3, -0.25) is 4.79 Å². The molecule has 1 amide bonds. The van der Waals surface area contributed by atoms with Crippen LogP contribution in [-0.2, 0) is 11.3 Å². The van der Waals surface area contributed by atoms with Crippen LogP contribution in [0.1, 0.15) is 30.7 Å². The van der Waals surface area contributed by atoms with Gasteiger partial charge in [-0.15, -0.1) is 0 Å². The molecule has 1 aromatic heterocycles. The zero-order valence-electron chi connectivity index (χ0n) is 15.8. The Bertz CT molecular complexity index is 1020. The highest BCUT2D eigenvalue weighted by Crippen LogP contribution is 2.32. The molecule has 1 fully saturated rings. The van der Waals surface area contributed by atoms with Gasteiger partial charge in [0, 0.05) is 31.5 Å². The van der Waals surface area contributed by atoms with Crippen molar-refractivity contribution in [3.63, 3.8) is 0 Å². The van der Waals surface area contributed by atoms with E-state index in [1.165, 1.54) is 12.1 Å². The second-order valence-corrected chi connectivity index (χ2v) is 6.84. The Kier molecular flexibility index (Phi) is 5.24.